The number of amides is 1. The second-order valence-electron chi connectivity index (χ2n) is 5.38. The van der Waals surface area contributed by atoms with E-state index >= 15 is 0 Å². The predicted molar refractivity (Wildman–Crippen MR) is 93.7 cm³/mol. The lowest BCUT2D eigenvalue weighted by atomic mass is 10.1. The first-order valence-corrected chi connectivity index (χ1v) is 8.88. The Hall–Kier alpha value is -1.43. The minimum Gasteiger partial charge on any atom is -0.395 e. The highest BCUT2D eigenvalue weighted by Gasteiger charge is 2.14. The number of aryl methyl sites for hydroxylation is 2. The first kappa shape index (κ1) is 17.9. The molecule has 0 aliphatic heterocycles. The number of aliphatic hydroxyl groups is 1. The third-order valence-electron chi connectivity index (χ3n) is 3.48. The standard InChI is InChI=1S/C17H21ClN2O2S/c1-13-19-16(12-23-13)6-3-7-17(22)20(8-9-21)11-14-4-2-5-15(18)10-14/h2,4-5,10,12,21H,3,6-9,11H2,1H3. The summed E-state index contributed by atoms with van der Waals surface area (Å²) < 4.78 is 0. The van der Waals surface area contributed by atoms with Crippen molar-refractivity contribution in [2.45, 2.75) is 32.7 Å². The van der Waals surface area contributed by atoms with E-state index in [1.165, 1.54) is 0 Å². The SMILES string of the molecule is Cc1nc(CCCC(=O)N(CCO)Cc2cccc(Cl)c2)cs1. The van der Waals surface area contributed by atoms with Gasteiger partial charge in [0, 0.05) is 29.9 Å². The number of hydrogen-bond donors (Lipinski definition) is 1. The second kappa shape index (κ2) is 9.01. The molecule has 0 spiro atoms. The van der Waals surface area contributed by atoms with Gasteiger partial charge in [0.05, 0.1) is 17.3 Å². The molecular formula is C17H21ClN2O2S. The predicted octanol–water partition coefficient (Wildman–Crippen LogP) is 3.45. The van der Waals surface area contributed by atoms with Crippen molar-refractivity contribution in [3.63, 3.8) is 0 Å². The minimum absolute atomic E-state index is 0.0441. The molecule has 124 valence electrons. The Morgan fingerprint density at radius 1 is 1.43 bits per heavy atom. The molecule has 0 unspecified atom stereocenters. The van der Waals surface area contributed by atoms with Crippen LogP contribution in [0.4, 0.5) is 0 Å². The molecule has 0 atom stereocenters. The summed E-state index contributed by atoms with van der Waals surface area (Å²) in [6.45, 7) is 2.74. The molecule has 0 bridgehead atoms. The van der Waals surface area contributed by atoms with Crippen LogP contribution in [0.15, 0.2) is 29.6 Å². The summed E-state index contributed by atoms with van der Waals surface area (Å²) in [5.41, 5.74) is 2.01. The second-order valence-corrected chi connectivity index (χ2v) is 6.88. The van der Waals surface area contributed by atoms with E-state index in [1.807, 2.05) is 30.5 Å². The Morgan fingerprint density at radius 2 is 2.26 bits per heavy atom. The monoisotopic (exact) mass is 352 g/mol. The molecule has 0 radical (unpaired) electrons. The fraction of sp³-hybridized carbons (Fsp3) is 0.412. The number of aliphatic hydroxyl groups excluding tert-OH is 1. The molecule has 6 heteroatoms. The van der Waals surface area contributed by atoms with Gasteiger partial charge in [-0.3, -0.25) is 4.79 Å². The lowest BCUT2D eigenvalue weighted by Crippen LogP contribution is -2.33. The molecule has 0 aliphatic rings. The van der Waals surface area contributed by atoms with Crippen LogP contribution in [0.5, 0.6) is 0 Å². The van der Waals surface area contributed by atoms with Gasteiger partial charge in [0.15, 0.2) is 0 Å². The molecule has 0 saturated heterocycles. The van der Waals surface area contributed by atoms with Crippen molar-refractivity contribution in [3.8, 4) is 0 Å². The molecule has 1 N–H and O–H groups in total. The topological polar surface area (TPSA) is 53.4 Å². The zero-order valence-corrected chi connectivity index (χ0v) is 14.7. The molecule has 1 heterocycles. The van der Waals surface area contributed by atoms with Gasteiger partial charge < -0.3 is 10.0 Å². The summed E-state index contributed by atoms with van der Waals surface area (Å²) in [6.07, 6.45) is 2.02. The van der Waals surface area contributed by atoms with Crippen LogP contribution < -0.4 is 0 Å². The maximum absolute atomic E-state index is 12.4. The summed E-state index contributed by atoms with van der Waals surface area (Å²) in [5, 5.41) is 12.9. The van der Waals surface area contributed by atoms with E-state index in [9.17, 15) is 9.90 Å². The summed E-state index contributed by atoms with van der Waals surface area (Å²) in [4.78, 5) is 18.5. The third kappa shape index (κ3) is 5.94. The maximum atomic E-state index is 12.4. The molecule has 1 amide bonds. The lowest BCUT2D eigenvalue weighted by Gasteiger charge is -2.22. The zero-order chi connectivity index (χ0) is 16.7. The van der Waals surface area contributed by atoms with Crippen molar-refractivity contribution in [1.82, 2.24) is 9.88 Å². The van der Waals surface area contributed by atoms with Gasteiger partial charge in [-0.1, -0.05) is 23.7 Å². The number of halogens is 1. The van der Waals surface area contributed by atoms with Gasteiger partial charge in [0.2, 0.25) is 5.91 Å². The molecular weight excluding hydrogens is 332 g/mol. The fourth-order valence-electron chi connectivity index (χ4n) is 2.37. The van der Waals surface area contributed by atoms with E-state index in [0.29, 0.717) is 24.5 Å². The highest BCUT2D eigenvalue weighted by atomic mass is 35.5. The Bertz CT molecular complexity index is 645. The van der Waals surface area contributed by atoms with Crippen molar-refractivity contribution in [2.75, 3.05) is 13.2 Å². The van der Waals surface area contributed by atoms with Gasteiger partial charge in [-0.25, -0.2) is 4.98 Å². The highest BCUT2D eigenvalue weighted by Crippen LogP contribution is 2.15. The van der Waals surface area contributed by atoms with Crippen LogP contribution in [0.3, 0.4) is 0 Å². The maximum Gasteiger partial charge on any atom is 0.222 e. The quantitative estimate of drug-likeness (QED) is 0.791. The molecule has 23 heavy (non-hydrogen) atoms. The largest absolute Gasteiger partial charge is 0.395 e. The molecule has 0 saturated carbocycles. The van der Waals surface area contributed by atoms with E-state index in [1.54, 1.807) is 22.3 Å². The summed E-state index contributed by atoms with van der Waals surface area (Å²) in [7, 11) is 0. The molecule has 2 rings (SSSR count). The molecule has 4 nitrogen and oxygen atoms in total. The highest BCUT2D eigenvalue weighted by molar-refractivity contribution is 7.09. The summed E-state index contributed by atoms with van der Waals surface area (Å²) >= 11 is 7.61. The van der Waals surface area contributed by atoms with Crippen LogP contribution >= 0.6 is 22.9 Å². The number of carbonyl (C=O) groups is 1. The number of thiazole rings is 1. The Labute approximate surface area is 145 Å². The van der Waals surface area contributed by atoms with Gasteiger partial charge in [0.1, 0.15) is 0 Å². The van der Waals surface area contributed by atoms with Crippen molar-refractivity contribution in [3.05, 3.63) is 50.9 Å². The molecule has 1 aromatic carbocycles. The third-order valence-corrected chi connectivity index (χ3v) is 4.53. The normalized spacial score (nSPS) is 10.7. The van der Waals surface area contributed by atoms with Crippen LogP contribution in [0, 0.1) is 6.92 Å². The van der Waals surface area contributed by atoms with Gasteiger partial charge >= 0.3 is 0 Å². The fourth-order valence-corrected chi connectivity index (χ4v) is 3.23. The molecule has 2 aromatic rings. The first-order valence-electron chi connectivity index (χ1n) is 7.62. The average molecular weight is 353 g/mol. The number of nitrogens with zero attached hydrogens (tertiary/aromatic N) is 2. The van der Waals surface area contributed by atoms with Crippen molar-refractivity contribution < 1.29 is 9.90 Å². The summed E-state index contributed by atoms with van der Waals surface area (Å²) in [6, 6.07) is 7.45. The number of carbonyl (C=O) groups excluding carboxylic acids is 1. The van der Waals surface area contributed by atoms with Gasteiger partial charge in [-0.15, -0.1) is 11.3 Å². The van der Waals surface area contributed by atoms with E-state index < -0.39 is 0 Å². The molecule has 1 aromatic heterocycles. The number of rotatable bonds is 8. The zero-order valence-electron chi connectivity index (χ0n) is 13.2. The lowest BCUT2D eigenvalue weighted by molar-refractivity contribution is -0.132. The van der Waals surface area contributed by atoms with Crippen LogP contribution in [0.25, 0.3) is 0 Å². The van der Waals surface area contributed by atoms with Gasteiger partial charge in [0.25, 0.3) is 0 Å². The Kier molecular flexibility index (Phi) is 7.02. The van der Waals surface area contributed by atoms with Crippen LogP contribution in [-0.2, 0) is 17.8 Å². The van der Waals surface area contributed by atoms with Crippen LogP contribution in [0.2, 0.25) is 5.02 Å². The van der Waals surface area contributed by atoms with E-state index in [-0.39, 0.29) is 12.5 Å². The van der Waals surface area contributed by atoms with Gasteiger partial charge in [-0.2, -0.15) is 0 Å². The molecule has 0 aliphatic carbocycles. The number of benzene rings is 1. The van der Waals surface area contributed by atoms with E-state index in [0.717, 1.165) is 29.1 Å². The van der Waals surface area contributed by atoms with Crippen LogP contribution in [-0.4, -0.2) is 34.0 Å². The summed E-state index contributed by atoms with van der Waals surface area (Å²) in [5.74, 6) is 0.0472. The van der Waals surface area contributed by atoms with Crippen molar-refractivity contribution in [2.24, 2.45) is 0 Å². The Morgan fingerprint density at radius 3 is 2.91 bits per heavy atom. The van der Waals surface area contributed by atoms with Gasteiger partial charge in [-0.05, 0) is 37.5 Å². The van der Waals surface area contributed by atoms with Crippen LogP contribution in [0.1, 0.15) is 29.1 Å². The van der Waals surface area contributed by atoms with Crippen molar-refractivity contribution >= 4 is 28.8 Å². The first-order chi connectivity index (χ1) is 11.1. The van der Waals surface area contributed by atoms with E-state index in [2.05, 4.69) is 4.98 Å². The van der Waals surface area contributed by atoms with Crippen molar-refractivity contribution in [1.29, 1.82) is 0 Å². The number of aromatic nitrogens is 1. The average Bonchev–Trinajstić information content (AvgIpc) is 2.92. The van der Waals surface area contributed by atoms with E-state index in [4.69, 9.17) is 11.6 Å². The Balaban J connectivity index is 1.87. The smallest absolute Gasteiger partial charge is 0.222 e. The molecule has 0 fully saturated rings. The number of hydrogen-bond acceptors (Lipinski definition) is 4. The minimum atomic E-state index is -0.0441.